The maximum atomic E-state index is 11.9. The molecule has 4 aromatic rings. The molecule has 0 saturated heterocycles. The predicted molar refractivity (Wildman–Crippen MR) is 143 cm³/mol. The van der Waals surface area contributed by atoms with E-state index in [2.05, 4.69) is 0 Å². The number of benzene rings is 4. The monoisotopic (exact) mass is 592 g/mol. The Bertz CT molecular complexity index is 1810. The highest BCUT2D eigenvalue weighted by Gasteiger charge is 2.60. The molecular formula is C30H24O13. The lowest BCUT2D eigenvalue weighted by Crippen LogP contribution is -2.57. The molecule has 0 aromatic heterocycles. The molecule has 4 aromatic carbocycles. The van der Waals surface area contributed by atoms with Gasteiger partial charge in [-0.15, -0.1) is 0 Å². The Hall–Kier alpha value is -5.40. The van der Waals surface area contributed by atoms with E-state index in [1.54, 1.807) is 0 Å². The fourth-order valence-corrected chi connectivity index (χ4v) is 6.16. The molecule has 0 aliphatic carbocycles. The van der Waals surface area contributed by atoms with Gasteiger partial charge in [0, 0.05) is 46.9 Å². The van der Waals surface area contributed by atoms with Crippen LogP contribution >= 0.6 is 0 Å². The van der Waals surface area contributed by atoms with Gasteiger partial charge in [-0.3, -0.25) is 0 Å². The second-order valence-electron chi connectivity index (χ2n) is 10.7. The second-order valence-corrected chi connectivity index (χ2v) is 10.7. The van der Waals surface area contributed by atoms with Gasteiger partial charge in [0.1, 0.15) is 46.7 Å². The van der Waals surface area contributed by atoms with Gasteiger partial charge in [0.2, 0.25) is 0 Å². The number of hydrogen-bond acceptors (Lipinski definition) is 13. The topological polar surface area (TPSA) is 230 Å². The summed E-state index contributed by atoms with van der Waals surface area (Å²) in [7, 11) is 0. The van der Waals surface area contributed by atoms with Gasteiger partial charge in [0.15, 0.2) is 28.7 Å². The summed E-state index contributed by atoms with van der Waals surface area (Å²) < 4.78 is 18.5. The maximum absolute atomic E-state index is 11.9. The first-order chi connectivity index (χ1) is 20.4. The van der Waals surface area contributed by atoms with Gasteiger partial charge in [-0.25, -0.2) is 0 Å². The molecule has 0 fully saturated rings. The van der Waals surface area contributed by atoms with Crippen molar-refractivity contribution in [2.24, 2.45) is 0 Å². The van der Waals surface area contributed by atoms with Crippen LogP contribution in [0.15, 0.2) is 48.5 Å². The summed E-state index contributed by atoms with van der Waals surface area (Å²) in [5.41, 5.74) is 0.419. The lowest BCUT2D eigenvalue weighted by atomic mass is 9.74. The summed E-state index contributed by atoms with van der Waals surface area (Å²) >= 11 is 0. The summed E-state index contributed by atoms with van der Waals surface area (Å²) in [5, 5.41) is 105. The van der Waals surface area contributed by atoms with E-state index in [0.29, 0.717) is 0 Å². The van der Waals surface area contributed by atoms with Gasteiger partial charge < -0.3 is 65.3 Å². The van der Waals surface area contributed by atoms with Crippen LogP contribution in [0.25, 0.3) is 0 Å². The number of fused-ring (bicyclic) bond motifs is 8. The van der Waals surface area contributed by atoms with E-state index in [4.69, 9.17) is 14.2 Å². The van der Waals surface area contributed by atoms with Crippen molar-refractivity contribution in [1.82, 2.24) is 0 Å². The molecule has 43 heavy (non-hydrogen) atoms. The normalized spacial score (nSPS) is 24.9. The molecule has 7 rings (SSSR count). The van der Waals surface area contributed by atoms with Crippen molar-refractivity contribution < 1.29 is 65.3 Å². The fourth-order valence-electron chi connectivity index (χ4n) is 6.16. The van der Waals surface area contributed by atoms with E-state index in [0.717, 1.165) is 24.3 Å². The molecular weight excluding hydrogens is 568 g/mol. The Labute approximate surface area is 241 Å². The molecule has 2 bridgehead atoms. The van der Waals surface area contributed by atoms with Crippen LogP contribution in [0, 0.1) is 0 Å². The van der Waals surface area contributed by atoms with Crippen LogP contribution in [-0.2, 0) is 12.2 Å². The highest BCUT2D eigenvalue weighted by atomic mass is 16.7. The molecule has 0 spiro atoms. The number of phenols is 8. The number of aromatic hydroxyl groups is 8. The van der Waals surface area contributed by atoms with Crippen molar-refractivity contribution in [2.45, 2.75) is 36.4 Å². The van der Waals surface area contributed by atoms with Gasteiger partial charge in [-0.2, -0.15) is 0 Å². The number of rotatable bonds is 2. The van der Waals surface area contributed by atoms with Crippen molar-refractivity contribution >= 4 is 0 Å². The third-order valence-electron chi connectivity index (χ3n) is 8.12. The first-order valence-electron chi connectivity index (χ1n) is 13.0. The predicted octanol–water partition coefficient (Wildman–Crippen LogP) is 2.50. The molecule has 13 heteroatoms. The Balaban J connectivity index is 1.48. The lowest BCUT2D eigenvalue weighted by molar-refractivity contribution is -0.219. The molecule has 3 aliphatic heterocycles. The van der Waals surface area contributed by atoms with Crippen LogP contribution in [0.3, 0.4) is 0 Å². The Morgan fingerprint density at radius 1 is 0.651 bits per heavy atom. The standard InChI is InChI=1S/C30H24O13/c31-12-6-17(35)23-21(7-12)42-30(11-4-18(36)26(39)19(37)5-11)29(40)25(23)24-22(43-30)9-15(33)13-8-20(38)27(41-28(13)24)10-1-2-14(32)16(34)3-10/h1-7,9,20,25,27,29,31-40H,8H2/t20-,25-,27+,29-,30+/m1/s1. The number of aliphatic hydroxyl groups is 2. The van der Waals surface area contributed by atoms with Crippen molar-refractivity contribution in [3.8, 4) is 63.2 Å². The molecule has 222 valence electrons. The Morgan fingerprint density at radius 3 is 2.00 bits per heavy atom. The first-order valence-corrected chi connectivity index (χ1v) is 13.0. The number of ether oxygens (including phenoxy) is 3. The molecule has 0 saturated carbocycles. The van der Waals surface area contributed by atoms with Crippen molar-refractivity contribution in [3.05, 3.63) is 76.3 Å². The smallest absolute Gasteiger partial charge is 0.305 e. The lowest BCUT2D eigenvalue weighted by Gasteiger charge is -2.50. The maximum Gasteiger partial charge on any atom is 0.305 e. The SMILES string of the molecule is Oc1cc(O)c2c(c1)O[C@@]1(c3cc(O)c(O)c(O)c3)Oc3cc(O)c4c(c3[C@@H]2[C@H]1O)O[C@@H](c1ccc(O)c(O)c1)[C@H](O)C4. The van der Waals surface area contributed by atoms with E-state index < -0.39 is 64.5 Å². The zero-order valence-corrected chi connectivity index (χ0v) is 21.8. The Kier molecular flexibility index (Phi) is 5.42. The first kappa shape index (κ1) is 26.5. The average Bonchev–Trinajstić information content (AvgIpc) is 2.93. The molecule has 3 heterocycles. The summed E-state index contributed by atoms with van der Waals surface area (Å²) in [6, 6.07) is 9.25. The summed E-state index contributed by atoms with van der Waals surface area (Å²) in [4.78, 5) is 0. The Morgan fingerprint density at radius 2 is 1.33 bits per heavy atom. The second kappa shape index (κ2) is 8.80. The van der Waals surface area contributed by atoms with E-state index in [9.17, 15) is 51.1 Å². The largest absolute Gasteiger partial charge is 0.508 e. The van der Waals surface area contributed by atoms with Crippen LogP contribution in [0.2, 0.25) is 0 Å². The fraction of sp³-hybridized carbons (Fsp3) is 0.200. The van der Waals surface area contributed by atoms with E-state index in [-0.39, 0.29) is 63.0 Å². The number of aliphatic hydroxyl groups excluding tert-OH is 2. The minimum atomic E-state index is -2.26. The molecule has 13 nitrogen and oxygen atoms in total. The van der Waals surface area contributed by atoms with Crippen LogP contribution in [0.5, 0.6) is 63.2 Å². The van der Waals surface area contributed by atoms with Gasteiger partial charge >= 0.3 is 5.79 Å². The highest BCUT2D eigenvalue weighted by molar-refractivity contribution is 5.68. The van der Waals surface area contributed by atoms with E-state index in [1.807, 2.05) is 0 Å². The summed E-state index contributed by atoms with van der Waals surface area (Å²) in [5.74, 6) is -8.15. The van der Waals surface area contributed by atoms with Crippen LogP contribution in [-0.4, -0.2) is 63.3 Å². The van der Waals surface area contributed by atoms with Gasteiger partial charge in [0.05, 0.1) is 12.0 Å². The minimum absolute atomic E-state index is 0.00718. The third-order valence-corrected chi connectivity index (χ3v) is 8.12. The molecule has 3 aliphatic rings. The molecule has 0 amide bonds. The highest BCUT2D eigenvalue weighted by Crippen LogP contribution is 2.62. The molecule has 0 radical (unpaired) electrons. The van der Waals surface area contributed by atoms with E-state index in [1.165, 1.54) is 24.3 Å². The zero-order chi connectivity index (χ0) is 30.5. The minimum Gasteiger partial charge on any atom is -0.508 e. The zero-order valence-electron chi connectivity index (χ0n) is 21.8. The molecule has 0 unspecified atom stereocenters. The average molecular weight is 593 g/mol. The number of phenolic OH excluding ortho intramolecular Hbond substituents is 8. The quantitative estimate of drug-likeness (QED) is 0.151. The summed E-state index contributed by atoms with van der Waals surface area (Å²) in [6.45, 7) is 0. The molecule has 10 N–H and O–H groups in total. The van der Waals surface area contributed by atoms with Crippen molar-refractivity contribution in [2.75, 3.05) is 0 Å². The summed E-state index contributed by atoms with van der Waals surface area (Å²) in [6.07, 6.45) is -4.22. The van der Waals surface area contributed by atoms with Gasteiger partial charge in [-0.05, 0) is 29.8 Å². The van der Waals surface area contributed by atoms with Crippen molar-refractivity contribution in [1.29, 1.82) is 0 Å². The molecule has 5 atom stereocenters. The van der Waals surface area contributed by atoms with Crippen molar-refractivity contribution in [3.63, 3.8) is 0 Å². The van der Waals surface area contributed by atoms with Crippen LogP contribution in [0.1, 0.15) is 39.8 Å². The van der Waals surface area contributed by atoms with Gasteiger partial charge in [-0.1, -0.05) is 6.07 Å². The van der Waals surface area contributed by atoms with Crippen LogP contribution < -0.4 is 14.2 Å². The van der Waals surface area contributed by atoms with Gasteiger partial charge in [0.25, 0.3) is 0 Å². The number of hydrogen-bond donors (Lipinski definition) is 10. The van der Waals surface area contributed by atoms with E-state index >= 15 is 0 Å². The van der Waals surface area contributed by atoms with Crippen LogP contribution in [0.4, 0.5) is 0 Å². The third kappa shape index (κ3) is 3.65.